The van der Waals surface area contributed by atoms with Crippen LogP contribution >= 0.6 is 15.9 Å². The molecule has 1 aliphatic rings. The number of halogens is 1. The molecule has 2 rings (SSSR count). The molecule has 0 aromatic heterocycles. The highest BCUT2D eigenvalue weighted by Crippen LogP contribution is 2.37. The van der Waals surface area contributed by atoms with Gasteiger partial charge in [0.1, 0.15) is 9.84 Å². The summed E-state index contributed by atoms with van der Waals surface area (Å²) in [7, 11) is -2.93. The highest BCUT2D eigenvalue weighted by atomic mass is 79.9. The number of nitrogens with one attached hydrogen (secondary N) is 1. The average Bonchev–Trinajstić information content (AvgIpc) is 2.44. The maximum atomic E-state index is 11.9. The third-order valence-electron chi connectivity index (χ3n) is 4.38. The van der Waals surface area contributed by atoms with Gasteiger partial charge in [0.25, 0.3) is 0 Å². The summed E-state index contributed by atoms with van der Waals surface area (Å²) in [6.07, 6.45) is 5.05. The van der Waals surface area contributed by atoms with Crippen LogP contribution in [0.2, 0.25) is 0 Å². The third kappa shape index (κ3) is 4.54. The smallest absolute Gasteiger partial charge is 0.150 e. The quantitative estimate of drug-likeness (QED) is 0.855. The second-order valence-corrected chi connectivity index (χ2v) is 9.21. The fourth-order valence-electron chi connectivity index (χ4n) is 3.35. The van der Waals surface area contributed by atoms with Crippen molar-refractivity contribution in [1.82, 2.24) is 5.32 Å². The number of sulfone groups is 1. The maximum absolute atomic E-state index is 11.9. The number of hydrogen-bond donors (Lipinski definition) is 1. The largest absolute Gasteiger partial charge is 0.310 e. The normalized spacial score (nSPS) is 24.7. The first-order valence-electron chi connectivity index (χ1n) is 7.59. The van der Waals surface area contributed by atoms with Crippen molar-refractivity contribution in [1.29, 1.82) is 0 Å². The van der Waals surface area contributed by atoms with E-state index in [1.165, 1.54) is 11.8 Å². The van der Waals surface area contributed by atoms with E-state index in [0.717, 1.165) is 36.7 Å². The summed E-state index contributed by atoms with van der Waals surface area (Å²) in [4.78, 5) is 0. The van der Waals surface area contributed by atoms with Crippen LogP contribution in [0.4, 0.5) is 0 Å². The number of benzene rings is 1. The molecule has 21 heavy (non-hydrogen) atoms. The first kappa shape index (κ1) is 17.0. The SMILES string of the molecule is CCNC(c1cccc(Br)c1)C1CCCC(S(C)(=O)=O)C1. The zero-order valence-corrected chi connectivity index (χ0v) is 15.1. The molecule has 0 spiro atoms. The zero-order chi connectivity index (χ0) is 15.5. The molecule has 1 aromatic carbocycles. The second kappa shape index (κ2) is 7.25. The standard InChI is InChI=1S/C16H24BrNO2S/c1-3-18-16(12-6-4-8-14(17)10-12)13-7-5-9-15(11-13)21(2,19)20/h4,6,8,10,13,15-16,18H,3,5,7,9,11H2,1-2H3. The fourth-order valence-corrected chi connectivity index (χ4v) is 4.96. The van der Waals surface area contributed by atoms with Crippen LogP contribution in [0.1, 0.15) is 44.2 Å². The van der Waals surface area contributed by atoms with E-state index in [9.17, 15) is 8.42 Å². The third-order valence-corrected chi connectivity index (χ3v) is 6.51. The summed E-state index contributed by atoms with van der Waals surface area (Å²) in [5.74, 6) is 0.382. The van der Waals surface area contributed by atoms with Crippen molar-refractivity contribution in [3.8, 4) is 0 Å². The molecule has 3 unspecified atom stereocenters. The summed E-state index contributed by atoms with van der Waals surface area (Å²) in [5.41, 5.74) is 1.24. The Balaban J connectivity index is 2.22. The Bertz CT molecular complexity index is 573. The lowest BCUT2D eigenvalue weighted by Crippen LogP contribution is -2.35. The zero-order valence-electron chi connectivity index (χ0n) is 12.7. The van der Waals surface area contributed by atoms with Crippen LogP contribution in [0.5, 0.6) is 0 Å². The Labute approximate surface area is 136 Å². The van der Waals surface area contributed by atoms with Crippen LogP contribution in [-0.4, -0.2) is 26.5 Å². The fraction of sp³-hybridized carbons (Fsp3) is 0.625. The Hall–Kier alpha value is -0.390. The lowest BCUT2D eigenvalue weighted by Gasteiger charge is -2.34. The first-order chi connectivity index (χ1) is 9.91. The molecular weight excluding hydrogens is 350 g/mol. The first-order valence-corrected chi connectivity index (χ1v) is 10.3. The molecule has 0 bridgehead atoms. The molecule has 1 fully saturated rings. The van der Waals surface area contributed by atoms with Gasteiger partial charge in [0, 0.05) is 16.8 Å². The van der Waals surface area contributed by atoms with Gasteiger partial charge < -0.3 is 5.32 Å². The second-order valence-electron chi connectivity index (χ2n) is 5.97. The van der Waals surface area contributed by atoms with Crippen molar-refractivity contribution < 1.29 is 8.42 Å². The highest BCUT2D eigenvalue weighted by Gasteiger charge is 2.33. The van der Waals surface area contributed by atoms with E-state index in [2.05, 4.69) is 40.3 Å². The summed E-state index contributed by atoms with van der Waals surface area (Å²) in [6, 6.07) is 8.56. The topological polar surface area (TPSA) is 46.2 Å². The van der Waals surface area contributed by atoms with Crippen molar-refractivity contribution in [2.24, 2.45) is 5.92 Å². The van der Waals surface area contributed by atoms with Crippen LogP contribution in [0, 0.1) is 5.92 Å². The molecular formula is C16H24BrNO2S. The highest BCUT2D eigenvalue weighted by molar-refractivity contribution is 9.10. The minimum absolute atomic E-state index is 0.176. The predicted octanol–water partition coefficient (Wildman–Crippen LogP) is 3.70. The molecule has 3 atom stereocenters. The summed E-state index contributed by atoms with van der Waals surface area (Å²) < 4.78 is 24.8. The minimum atomic E-state index is -2.93. The molecule has 1 N–H and O–H groups in total. The van der Waals surface area contributed by atoms with Gasteiger partial charge in [-0.15, -0.1) is 0 Å². The van der Waals surface area contributed by atoms with Crippen molar-refractivity contribution in [2.45, 2.75) is 43.9 Å². The maximum Gasteiger partial charge on any atom is 0.150 e. The minimum Gasteiger partial charge on any atom is -0.310 e. The molecule has 0 amide bonds. The molecule has 5 heteroatoms. The van der Waals surface area contributed by atoms with Crippen molar-refractivity contribution in [2.75, 3.05) is 12.8 Å². The molecule has 0 saturated heterocycles. The predicted molar refractivity (Wildman–Crippen MR) is 91.1 cm³/mol. The molecule has 118 valence electrons. The Morgan fingerprint density at radius 2 is 2.14 bits per heavy atom. The van der Waals surface area contributed by atoms with E-state index >= 15 is 0 Å². The summed E-state index contributed by atoms with van der Waals surface area (Å²) in [5, 5.41) is 3.38. The molecule has 3 nitrogen and oxygen atoms in total. The summed E-state index contributed by atoms with van der Waals surface area (Å²) in [6.45, 7) is 2.99. The van der Waals surface area contributed by atoms with E-state index in [1.54, 1.807) is 0 Å². The van der Waals surface area contributed by atoms with E-state index in [1.807, 2.05) is 12.1 Å². The molecule has 1 aromatic rings. The van der Waals surface area contributed by atoms with Crippen molar-refractivity contribution in [3.05, 3.63) is 34.3 Å². The molecule has 0 radical (unpaired) electrons. The molecule has 0 heterocycles. The average molecular weight is 374 g/mol. The Morgan fingerprint density at radius 3 is 2.76 bits per heavy atom. The van der Waals surface area contributed by atoms with Crippen molar-refractivity contribution in [3.63, 3.8) is 0 Å². The van der Waals surface area contributed by atoms with E-state index in [0.29, 0.717) is 5.92 Å². The van der Waals surface area contributed by atoms with Crippen LogP contribution in [0.3, 0.4) is 0 Å². The van der Waals surface area contributed by atoms with Crippen LogP contribution in [-0.2, 0) is 9.84 Å². The lowest BCUT2D eigenvalue weighted by molar-refractivity contribution is 0.275. The van der Waals surface area contributed by atoms with Gasteiger partial charge in [0.2, 0.25) is 0 Å². The van der Waals surface area contributed by atoms with Gasteiger partial charge in [0.05, 0.1) is 5.25 Å². The van der Waals surface area contributed by atoms with E-state index in [-0.39, 0.29) is 11.3 Å². The number of hydrogen-bond acceptors (Lipinski definition) is 3. The van der Waals surface area contributed by atoms with Gasteiger partial charge in [-0.1, -0.05) is 41.4 Å². The van der Waals surface area contributed by atoms with Crippen LogP contribution in [0.25, 0.3) is 0 Å². The monoisotopic (exact) mass is 373 g/mol. The van der Waals surface area contributed by atoms with Crippen LogP contribution in [0.15, 0.2) is 28.7 Å². The van der Waals surface area contributed by atoms with Gasteiger partial charge in [-0.2, -0.15) is 0 Å². The molecule has 0 aliphatic heterocycles. The Kier molecular flexibility index (Phi) is 5.86. The van der Waals surface area contributed by atoms with Gasteiger partial charge >= 0.3 is 0 Å². The van der Waals surface area contributed by atoms with Crippen molar-refractivity contribution >= 4 is 25.8 Å². The van der Waals surface area contributed by atoms with E-state index < -0.39 is 9.84 Å². The lowest BCUT2D eigenvalue weighted by atomic mass is 9.81. The van der Waals surface area contributed by atoms with Gasteiger partial charge in [-0.3, -0.25) is 0 Å². The van der Waals surface area contributed by atoms with Crippen LogP contribution < -0.4 is 5.32 Å². The van der Waals surface area contributed by atoms with Gasteiger partial charge in [0.15, 0.2) is 0 Å². The number of rotatable bonds is 5. The van der Waals surface area contributed by atoms with Gasteiger partial charge in [-0.05, 0) is 49.4 Å². The van der Waals surface area contributed by atoms with E-state index in [4.69, 9.17) is 0 Å². The molecule has 1 aliphatic carbocycles. The van der Waals surface area contributed by atoms with Gasteiger partial charge in [-0.25, -0.2) is 8.42 Å². The molecule has 1 saturated carbocycles. The Morgan fingerprint density at radius 1 is 1.38 bits per heavy atom. The summed E-state index contributed by atoms with van der Waals surface area (Å²) >= 11 is 3.53.